The lowest BCUT2D eigenvalue weighted by Gasteiger charge is -2.32. The van der Waals surface area contributed by atoms with Crippen LogP contribution in [-0.2, 0) is 0 Å². The van der Waals surface area contributed by atoms with Crippen LogP contribution in [0.4, 0.5) is 0 Å². The lowest BCUT2D eigenvalue weighted by molar-refractivity contribution is 0.0669. The second-order valence-corrected chi connectivity index (χ2v) is 5.41. The van der Waals surface area contributed by atoms with E-state index in [4.69, 9.17) is 11.6 Å². The lowest BCUT2D eigenvalue weighted by atomic mass is 10.3. The van der Waals surface area contributed by atoms with Crippen LogP contribution in [0.5, 0.6) is 0 Å². The number of carbonyl (C=O) groups excluding carboxylic acids is 1. The molecule has 2 rings (SSSR count). The molecule has 1 aliphatic heterocycles. The normalized spacial score (nSPS) is 17.8. The van der Waals surface area contributed by atoms with Crippen LogP contribution in [-0.4, -0.2) is 48.9 Å². The molecule has 0 spiro atoms. The van der Waals surface area contributed by atoms with Crippen molar-refractivity contribution in [3.05, 3.63) is 20.8 Å². The molecule has 3 nitrogen and oxygen atoms in total. The maximum Gasteiger partial charge on any atom is 0.265 e. The van der Waals surface area contributed by atoms with Gasteiger partial charge in [0, 0.05) is 26.2 Å². The average Bonchev–Trinajstić information content (AvgIpc) is 2.60. The van der Waals surface area contributed by atoms with E-state index < -0.39 is 0 Å². The van der Waals surface area contributed by atoms with Crippen LogP contribution >= 0.6 is 22.9 Å². The summed E-state index contributed by atoms with van der Waals surface area (Å²) >= 11 is 7.55. The molecule has 88 valence electrons. The van der Waals surface area contributed by atoms with E-state index in [1.165, 1.54) is 11.3 Å². The molecular formula is C11H15ClN2OS. The number of nitrogens with zero attached hydrogens (tertiary/aromatic N) is 2. The van der Waals surface area contributed by atoms with Gasteiger partial charge in [-0.25, -0.2) is 0 Å². The summed E-state index contributed by atoms with van der Waals surface area (Å²) in [6, 6.07) is 0. The third-order valence-electron chi connectivity index (χ3n) is 2.88. The van der Waals surface area contributed by atoms with Gasteiger partial charge in [0.2, 0.25) is 0 Å². The monoisotopic (exact) mass is 258 g/mol. The average molecular weight is 259 g/mol. The second kappa shape index (κ2) is 4.73. The summed E-state index contributed by atoms with van der Waals surface area (Å²) in [5.41, 5.74) is 0.990. The van der Waals surface area contributed by atoms with Crippen LogP contribution in [0.2, 0.25) is 5.02 Å². The molecule has 5 heteroatoms. The number of halogens is 1. The first-order valence-electron chi connectivity index (χ1n) is 5.31. The number of amides is 1. The zero-order chi connectivity index (χ0) is 11.7. The molecule has 0 atom stereocenters. The molecule has 1 amide bonds. The van der Waals surface area contributed by atoms with Gasteiger partial charge in [0.05, 0.1) is 5.02 Å². The molecule has 1 aromatic heterocycles. The fourth-order valence-electron chi connectivity index (χ4n) is 1.73. The van der Waals surface area contributed by atoms with E-state index in [1.807, 2.05) is 17.2 Å². The Balaban J connectivity index is 2.11. The van der Waals surface area contributed by atoms with Crippen LogP contribution in [0, 0.1) is 6.92 Å². The Morgan fingerprint density at radius 2 is 2.00 bits per heavy atom. The minimum Gasteiger partial charge on any atom is -0.335 e. The molecule has 2 heterocycles. The van der Waals surface area contributed by atoms with Gasteiger partial charge in [0.1, 0.15) is 4.88 Å². The molecule has 0 aliphatic carbocycles. The molecule has 0 radical (unpaired) electrons. The van der Waals surface area contributed by atoms with E-state index in [0.717, 1.165) is 31.7 Å². The Morgan fingerprint density at radius 3 is 2.50 bits per heavy atom. The molecular weight excluding hydrogens is 244 g/mol. The van der Waals surface area contributed by atoms with E-state index >= 15 is 0 Å². The van der Waals surface area contributed by atoms with Gasteiger partial charge in [-0.05, 0) is 24.9 Å². The summed E-state index contributed by atoms with van der Waals surface area (Å²) in [7, 11) is 2.07. The second-order valence-electron chi connectivity index (χ2n) is 4.16. The highest BCUT2D eigenvalue weighted by Crippen LogP contribution is 2.28. The van der Waals surface area contributed by atoms with Crippen LogP contribution in [0.15, 0.2) is 5.38 Å². The Kier molecular flexibility index (Phi) is 3.52. The summed E-state index contributed by atoms with van der Waals surface area (Å²) in [6.07, 6.45) is 0. The van der Waals surface area contributed by atoms with E-state index in [2.05, 4.69) is 11.9 Å². The van der Waals surface area contributed by atoms with Crippen molar-refractivity contribution >= 4 is 28.8 Å². The third kappa shape index (κ3) is 2.24. The molecule has 1 fully saturated rings. The van der Waals surface area contributed by atoms with Gasteiger partial charge in [-0.1, -0.05) is 11.6 Å². The zero-order valence-corrected chi connectivity index (χ0v) is 11.1. The predicted molar refractivity (Wildman–Crippen MR) is 67.5 cm³/mol. The number of aryl methyl sites for hydroxylation is 1. The van der Waals surface area contributed by atoms with E-state index in [9.17, 15) is 4.79 Å². The minimum absolute atomic E-state index is 0.0798. The highest BCUT2D eigenvalue weighted by molar-refractivity contribution is 7.13. The van der Waals surface area contributed by atoms with Crippen molar-refractivity contribution < 1.29 is 4.79 Å². The highest BCUT2D eigenvalue weighted by Gasteiger charge is 2.23. The first-order valence-corrected chi connectivity index (χ1v) is 6.56. The van der Waals surface area contributed by atoms with Crippen molar-refractivity contribution in [1.29, 1.82) is 0 Å². The Morgan fingerprint density at radius 1 is 1.38 bits per heavy atom. The maximum absolute atomic E-state index is 12.2. The SMILES string of the molecule is Cc1csc(C(=O)N2CCN(C)CC2)c1Cl. The van der Waals surface area contributed by atoms with Crippen LogP contribution in [0.3, 0.4) is 0 Å². The summed E-state index contributed by atoms with van der Waals surface area (Å²) < 4.78 is 0. The molecule has 16 heavy (non-hydrogen) atoms. The molecule has 0 unspecified atom stereocenters. The van der Waals surface area contributed by atoms with Crippen molar-refractivity contribution in [2.45, 2.75) is 6.92 Å². The van der Waals surface area contributed by atoms with Gasteiger partial charge in [0.15, 0.2) is 0 Å². The third-order valence-corrected chi connectivity index (χ3v) is 4.57. The number of likely N-dealkylation sites (N-methyl/N-ethyl adjacent to an activating group) is 1. The number of piperazine rings is 1. The van der Waals surface area contributed by atoms with E-state index in [0.29, 0.717) is 9.90 Å². The fraction of sp³-hybridized carbons (Fsp3) is 0.545. The smallest absolute Gasteiger partial charge is 0.265 e. The summed E-state index contributed by atoms with van der Waals surface area (Å²) in [5.74, 6) is 0.0798. The van der Waals surface area contributed by atoms with Gasteiger partial charge >= 0.3 is 0 Å². The van der Waals surface area contributed by atoms with Crippen LogP contribution in [0.1, 0.15) is 15.2 Å². The van der Waals surface area contributed by atoms with Crippen molar-refractivity contribution in [1.82, 2.24) is 9.80 Å². The molecule has 1 aromatic rings. The van der Waals surface area contributed by atoms with Crippen LogP contribution in [0.25, 0.3) is 0 Å². The number of hydrogen-bond donors (Lipinski definition) is 0. The minimum atomic E-state index is 0.0798. The summed E-state index contributed by atoms with van der Waals surface area (Å²) in [4.78, 5) is 17.0. The number of thiophene rings is 1. The largest absolute Gasteiger partial charge is 0.335 e. The Hall–Kier alpha value is -0.580. The standard InChI is InChI=1S/C11H15ClN2OS/c1-8-7-16-10(9(8)12)11(15)14-5-3-13(2)4-6-14/h7H,3-6H2,1-2H3. The van der Waals surface area contributed by atoms with Crippen molar-refractivity contribution in [2.75, 3.05) is 33.2 Å². The number of rotatable bonds is 1. The van der Waals surface area contributed by atoms with Gasteiger partial charge in [-0.15, -0.1) is 11.3 Å². The first-order chi connectivity index (χ1) is 7.59. The van der Waals surface area contributed by atoms with E-state index in [1.54, 1.807) is 0 Å². The molecule has 1 aliphatic rings. The predicted octanol–water partition coefficient (Wildman–Crippen LogP) is 2.10. The van der Waals surface area contributed by atoms with Crippen molar-refractivity contribution in [2.24, 2.45) is 0 Å². The first kappa shape index (κ1) is 11.9. The van der Waals surface area contributed by atoms with Gasteiger partial charge in [0.25, 0.3) is 5.91 Å². The lowest BCUT2D eigenvalue weighted by Crippen LogP contribution is -2.47. The highest BCUT2D eigenvalue weighted by atomic mass is 35.5. The molecule has 0 saturated carbocycles. The maximum atomic E-state index is 12.2. The van der Waals surface area contributed by atoms with Gasteiger partial charge < -0.3 is 9.80 Å². The van der Waals surface area contributed by atoms with Gasteiger partial charge in [-0.3, -0.25) is 4.79 Å². The molecule has 0 bridgehead atoms. The van der Waals surface area contributed by atoms with Crippen molar-refractivity contribution in [3.63, 3.8) is 0 Å². The number of hydrogen-bond acceptors (Lipinski definition) is 3. The van der Waals surface area contributed by atoms with E-state index in [-0.39, 0.29) is 5.91 Å². The quantitative estimate of drug-likeness (QED) is 0.770. The van der Waals surface area contributed by atoms with Crippen molar-refractivity contribution in [3.8, 4) is 0 Å². The fourth-order valence-corrected chi connectivity index (χ4v) is 2.97. The topological polar surface area (TPSA) is 23.6 Å². The molecule has 0 aromatic carbocycles. The summed E-state index contributed by atoms with van der Waals surface area (Å²) in [6.45, 7) is 5.40. The molecule has 0 N–H and O–H groups in total. The Bertz CT molecular complexity index is 397. The molecule has 1 saturated heterocycles. The van der Waals surface area contributed by atoms with Crippen LogP contribution < -0.4 is 0 Å². The van der Waals surface area contributed by atoms with Gasteiger partial charge in [-0.2, -0.15) is 0 Å². The number of carbonyl (C=O) groups is 1. The zero-order valence-electron chi connectivity index (χ0n) is 9.49. The Labute approximate surface area is 105 Å². The summed E-state index contributed by atoms with van der Waals surface area (Å²) in [5, 5.41) is 2.56.